The van der Waals surface area contributed by atoms with E-state index in [-0.39, 0.29) is 12.3 Å². The molecule has 0 bridgehead atoms. The zero-order valence-electron chi connectivity index (χ0n) is 18.9. The van der Waals surface area contributed by atoms with Crippen LogP contribution >= 0.6 is 24.0 Å². The summed E-state index contributed by atoms with van der Waals surface area (Å²) in [6, 6.07) is 16.4. The highest BCUT2D eigenvalue weighted by molar-refractivity contribution is 8.26. The van der Waals surface area contributed by atoms with Gasteiger partial charge >= 0.3 is 5.97 Å². The maximum absolute atomic E-state index is 12.8. The van der Waals surface area contributed by atoms with E-state index in [9.17, 15) is 9.59 Å². The molecule has 34 heavy (non-hydrogen) atoms. The zero-order chi connectivity index (χ0) is 24.1. The number of carbonyl (C=O) groups is 2. The summed E-state index contributed by atoms with van der Waals surface area (Å²) >= 11 is 6.68. The molecule has 176 valence electrons. The molecular formula is C26H26N2O4S2. The van der Waals surface area contributed by atoms with Crippen molar-refractivity contribution in [3.05, 3.63) is 71.5 Å². The largest absolute Gasteiger partial charge is 0.481 e. The number of aliphatic carboxylic acids is 1. The molecule has 2 aromatic rings. The van der Waals surface area contributed by atoms with Gasteiger partial charge in [-0.1, -0.05) is 66.8 Å². The number of amides is 1. The van der Waals surface area contributed by atoms with E-state index in [4.69, 9.17) is 22.1 Å². The normalized spacial score (nSPS) is 17.6. The Morgan fingerprint density at radius 1 is 1.06 bits per heavy atom. The topological polar surface area (TPSA) is 70.1 Å². The van der Waals surface area contributed by atoms with Gasteiger partial charge in [0.05, 0.1) is 10.6 Å². The fourth-order valence-corrected chi connectivity index (χ4v) is 5.19. The number of nitrogens with zero attached hydrogens (tertiary/aromatic N) is 2. The van der Waals surface area contributed by atoms with E-state index < -0.39 is 5.97 Å². The van der Waals surface area contributed by atoms with Gasteiger partial charge < -0.3 is 14.7 Å². The molecule has 1 saturated heterocycles. The molecule has 2 aromatic carbocycles. The van der Waals surface area contributed by atoms with Crippen LogP contribution in [0.1, 0.15) is 32.6 Å². The molecule has 2 aliphatic heterocycles. The number of hydrogen-bond donors (Lipinski definition) is 1. The van der Waals surface area contributed by atoms with Crippen LogP contribution in [-0.2, 0) is 9.59 Å². The van der Waals surface area contributed by atoms with Crippen LogP contribution in [0.5, 0.6) is 5.75 Å². The van der Waals surface area contributed by atoms with Gasteiger partial charge in [-0.3, -0.25) is 14.5 Å². The third-order valence-corrected chi connectivity index (χ3v) is 7.07. The summed E-state index contributed by atoms with van der Waals surface area (Å²) in [4.78, 5) is 27.7. The van der Waals surface area contributed by atoms with Crippen LogP contribution in [0.25, 0.3) is 11.1 Å². The second-order valence-electron chi connectivity index (χ2n) is 7.96. The second-order valence-corrected chi connectivity index (χ2v) is 9.64. The number of benzene rings is 2. The Morgan fingerprint density at radius 2 is 1.85 bits per heavy atom. The molecule has 0 atom stereocenters. The van der Waals surface area contributed by atoms with Gasteiger partial charge in [0.15, 0.2) is 5.75 Å². The van der Waals surface area contributed by atoms with Crippen molar-refractivity contribution in [1.29, 1.82) is 0 Å². The number of fused-ring (bicyclic) bond motifs is 1. The second kappa shape index (κ2) is 10.9. The van der Waals surface area contributed by atoms with Crippen molar-refractivity contribution in [3.63, 3.8) is 0 Å². The van der Waals surface area contributed by atoms with E-state index in [1.54, 1.807) is 11.0 Å². The van der Waals surface area contributed by atoms with Crippen molar-refractivity contribution in [2.45, 2.75) is 32.6 Å². The number of thiocarbonyl (C=S) groups is 1. The Kier molecular flexibility index (Phi) is 7.70. The van der Waals surface area contributed by atoms with E-state index in [0.29, 0.717) is 28.1 Å². The van der Waals surface area contributed by atoms with Crippen LogP contribution in [-0.4, -0.2) is 39.3 Å². The van der Waals surface area contributed by atoms with Crippen molar-refractivity contribution >= 4 is 45.9 Å². The van der Waals surface area contributed by atoms with Crippen LogP contribution in [0, 0.1) is 0 Å². The summed E-state index contributed by atoms with van der Waals surface area (Å²) in [6.07, 6.45) is 5.81. The maximum Gasteiger partial charge on any atom is 0.303 e. The monoisotopic (exact) mass is 494 g/mol. The molecule has 8 heteroatoms. The van der Waals surface area contributed by atoms with Crippen LogP contribution < -0.4 is 9.64 Å². The number of allylic oxidation sites excluding steroid dienone is 2. The number of thioether (sulfide) groups is 1. The maximum atomic E-state index is 12.8. The Hall–Kier alpha value is -3.10. The highest BCUT2D eigenvalue weighted by atomic mass is 32.2. The van der Waals surface area contributed by atoms with E-state index >= 15 is 0 Å². The minimum atomic E-state index is -0.796. The number of carboxylic acids is 1. The van der Waals surface area contributed by atoms with Crippen molar-refractivity contribution in [3.8, 4) is 16.9 Å². The molecule has 2 aliphatic rings. The number of carbonyl (C=O) groups excluding carboxylic acids is 1. The summed E-state index contributed by atoms with van der Waals surface area (Å²) in [5.41, 5.74) is 3.26. The van der Waals surface area contributed by atoms with E-state index in [1.165, 1.54) is 11.8 Å². The quantitative estimate of drug-likeness (QED) is 0.268. The molecule has 1 fully saturated rings. The van der Waals surface area contributed by atoms with Gasteiger partial charge in [-0.2, -0.15) is 0 Å². The minimum absolute atomic E-state index is 0.116. The fourth-order valence-electron chi connectivity index (χ4n) is 3.94. The summed E-state index contributed by atoms with van der Waals surface area (Å²) < 4.78 is 6.62. The SMILES string of the molecule is CCN1/C(=C/C=C2\SC(=S)N(CCCCCC(=O)O)C2=O)Oc2ccc(-c3ccccc3)cc21. The molecule has 4 rings (SSSR count). The lowest BCUT2D eigenvalue weighted by Gasteiger charge is -2.16. The summed E-state index contributed by atoms with van der Waals surface area (Å²) in [5.74, 6) is 0.544. The third kappa shape index (κ3) is 5.34. The van der Waals surface area contributed by atoms with Crippen molar-refractivity contribution in [2.24, 2.45) is 0 Å². The molecule has 0 saturated carbocycles. The minimum Gasteiger partial charge on any atom is -0.481 e. The molecule has 2 heterocycles. The van der Waals surface area contributed by atoms with Crippen molar-refractivity contribution in [1.82, 2.24) is 4.90 Å². The number of anilines is 1. The summed E-state index contributed by atoms with van der Waals surface area (Å²) in [7, 11) is 0. The highest BCUT2D eigenvalue weighted by Crippen LogP contribution is 2.41. The van der Waals surface area contributed by atoms with Gasteiger partial charge in [0.25, 0.3) is 5.91 Å². The number of unbranched alkanes of at least 4 members (excludes halogenated alkanes) is 2. The predicted octanol–water partition coefficient (Wildman–Crippen LogP) is 5.80. The molecule has 1 amide bonds. The Bertz CT molecular complexity index is 1160. The fraction of sp³-hybridized carbons (Fsp3) is 0.269. The lowest BCUT2D eigenvalue weighted by Crippen LogP contribution is -2.29. The lowest BCUT2D eigenvalue weighted by molar-refractivity contribution is -0.137. The zero-order valence-corrected chi connectivity index (χ0v) is 20.5. The van der Waals surface area contributed by atoms with Crippen LogP contribution in [0.4, 0.5) is 5.69 Å². The first kappa shape index (κ1) is 24.0. The Morgan fingerprint density at radius 3 is 2.59 bits per heavy atom. The molecule has 0 aromatic heterocycles. The molecular weight excluding hydrogens is 468 g/mol. The average Bonchev–Trinajstić information content (AvgIpc) is 3.33. The van der Waals surface area contributed by atoms with Crippen LogP contribution in [0.2, 0.25) is 0 Å². The van der Waals surface area contributed by atoms with E-state index in [2.05, 4.69) is 30.0 Å². The van der Waals surface area contributed by atoms with Gasteiger partial charge in [-0.05, 0) is 49.1 Å². The third-order valence-electron chi connectivity index (χ3n) is 5.68. The molecule has 0 radical (unpaired) electrons. The Balaban J connectivity index is 1.45. The molecule has 0 aliphatic carbocycles. The highest BCUT2D eigenvalue weighted by Gasteiger charge is 2.32. The first-order valence-electron chi connectivity index (χ1n) is 11.3. The molecule has 6 nitrogen and oxygen atoms in total. The summed E-state index contributed by atoms with van der Waals surface area (Å²) in [6.45, 7) is 3.29. The number of rotatable bonds is 9. The molecule has 0 spiro atoms. The smallest absolute Gasteiger partial charge is 0.303 e. The standard InChI is InChI=1S/C26H26N2O4S2/c1-2-27-20-17-19(18-9-5-3-6-10-18)12-13-21(20)32-23(27)15-14-22-25(31)28(26(33)34-22)16-8-4-7-11-24(29)30/h3,5-6,9-10,12-15,17H,2,4,7-8,11,16H2,1H3,(H,29,30)/b22-14-,23-15-. The molecule has 0 unspecified atom stereocenters. The van der Waals surface area contributed by atoms with E-state index in [1.807, 2.05) is 36.4 Å². The van der Waals surface area contributed by atoms with Crippen LogP contribution in [0.3, 0.4) is 0 Å². The van der Waals surface area contributed by atoms with Gasteiger partial charge in [-0.15, -0.1) is 0 Å². The number of carboxylic acid groups (broad SMARTS) is 1. The van der Waals surface area contributed by atoms with E-state index in [0.717, 1.165) is 42.0 Å². The molecule has 1 N–H and O–H groups in total. The van der Waals surface area contributed by atoms with Gasteiger partial charge in [0, 0.05) is 25.6 Å². The van der Waals surface area contributed by atoms with Gasteiger partial charge in [-0.25, -0.2) is 0 Å². The predicted molar refractivity (Wildman–Crippen MR) is 140 cm³/mol. The van der Waals surface area contributed by atoms with Gasteiger partial charge in [0.1, 0.15) is 4.32 Å². The van der Waals surface area contributed by atoms with Crippen LogP contribution in [0.15, 0.2) is 71.5 Å². The van der Waals surface area contributed by atoms with Crippen molar-refractivity contribution in [2.75, 3.05) is 18.0 Å². The summed E-state index contributed by atoms with van der Waals surface area (Å²) in [5, 5.41) is 8.74. The van der Waals surface area contributed by atoms with Gasteiger partial charge in [0.2, 0.25) is 5.88 Å². The number of ether oxygens (including phenoxy) is 1. The van der Waals surface area contributed by atoms with Crippen molar-refractivity contribution < 1.29 is 19.4 Å². The number of hydrogen-bond acceptors (Lipinski definition) is 6. The Labute approximate surface area is 208 Å². The first-order valence-corrected chi connectivity index (χ1v) is 12.5. The first-order chi connectivity index (χ1) is 16.5. The lowest BCUT2D eigenvalue weighted by atomic mass is 10.0. The average molecular weight is 495 g/mol.